The molecule has 0 aliphatic carbocycles. The summed E-state index contributed by atoms with van der Waals surface area (Å²) in [5, 5.41) is 22.8. The summed E-state index contributed by atoms with van der Waals surface area (Å²) in [5.74, 6) is -5.72. The van der Waals surface area contributed by atoms with E-state index in [9.17, 15) is 38.4 Å². The van der Waals surface area contributed by atoms with Crippen LogP contribution in [0.1, 0.15) is 27.0 Å². The number of anilines is 1. The largest absolute Gasteiger partial charge is 0.461 e. The summed E-state index contributed by atoms with van der Waals surface area (Å²) in [4.78, 5) is 52.9. The maximum absolute atomic E-state index is 14.7. The first-order valence-electron chi connectivity index (χ1n) is 10.3. The van der Waals surface area contributed by atoms with Gasteiger partial charge >= 0.3 is 29.5 Å². The average molecular weight is 516 g/mol. The SMILES string of the molecule is CC(C)(C)OC(=O)Nc1ccn([C@@H]2O[C@H](COC(=O)Cn3cnc([N+](=O)[O-])c3)[C@H](O)C2(F)F)c(=O)n1. The predicted molar refractivity (Wildman–Crippen MR) is 113 cm³/mol. The Morgan fingerprint density at radius 2 is 2.08 bits per heavy atom. The Bertz CT molecular complexity index is 1210. The molecular weight excluding hydrogens is 494 g/mol. The van der Waals surface area contributed by atoms with Crippen LogP contribution in [0.2, 0.25) is 0 Å². The molecule has 0 spiro atoms. The van der Waals surface area contributed by atoms with Crippen molar-refractivity contribution in [3.63, 3.8) is 0 Å². The van der Waals surface area contributed by atoms with E-state index in [1.165, 1.54) is 0 Å². The normalized spacial score (nSPS) is 21.1. The molecule has 0 saturated carbocycles. The second kappa shape index (κ2) is 9.94. The highest BCUT2D eigenvalue weighted by Gasteiger charge is 2.60. The molecular formula is C19H22F2N6O9. The van der Waals surface area contributed by atoms with Gasteiger partial charge in [0.1, 0.15) is 36.9 Å². The number of nitrogens with zero attached hydrogens (tertiary/aromatic N) is 5. The van der Waals surface area contributed by atoms with Crippen LogP contribution in [0, 0.1) is 10.1 Å². The number of imidazole rings is 1. The van der Waals surface area contributed by atoms with Crippen LogP contribution < -0.4 is 11.0 Å². The molecule has 2 aromatic heterocycles. The van der Waals surface area contributed by atoms with Crippen LogP contribution >= 0.6 is 0 Å². The Morgan fingerprint density at radius 3 is 2.67 bits per heavy atom. The van der Waals surface area contributed by atoms with Crippen molar-refractivity contribution < 1.29 is 42.6 Å². The summed E-state index contributed by atoms with van der Waals surface area (Å²) in [6, 6.07) is 1.05. The zero-order valence-corrected chi connectivity index (χ0v) is 19.2. The second-order valence-corrected chi connectivity index (χ2v) is 8.62. The summed E-state index contributed by atoms with van der Waals surface area (Å²) < 4.78 is 45.8. The molecule has 0 bridgehead atoms. The number of carbonyl (C=O) groups is 2. The standard InChI is InChI=1S/C19H22F2N6O9/c1-18(2,3)36-17(31)24-11-4-5-26(16(30)23-11)15-19(20,21)14(29)10(35-15)8-34-13(28)7-25-6-12(22-9-25)27(32)33/h4-6,9-10,14-15,29H,7-8H2,1-3H3,(H,23,24,30,31)/t10-,14+,15-/m1/s1. The zero-order valence-electron chi connectivity index (χ0n) is 19.2. The van der Waals surface area contributed by atoms with E-state index in [2.05, 4.69) is 15.3 Å². The number of aliphatic hydroxyl groups is 1. The van der Waals surface area contributed by atoms with Gasteiger partial charge < -0.3 is 29.4 Å². The fourth-order valence-corrected chi connectivity index (χ4v) is 3.07. The lowest BCUT2D eigenvalue weighted by Crippen LogP contribution is -2.42. The fourth-order valence-electron chi connectivity index (χ4n) is 3.07. The van der Waals surface area contributed by atoms with Crippen molar-refractivity contribution in [3.8, 4) is 0 Å². The van der Waals surface area contributed by atoms with Crippen LogP contribution in [0.15, 0.2) is 29.6 Å². The maximum atomic E-state index is 14.7. The summed E-state index contributed by atoms with van der Waals surface area (Å²) >= 11 is 0. The molecule has 15 nitrogen and oxygen atoms in total. The Balaban J connectivity index is 1.64. The van der Waals surface area contributed by atoms with Crippen molar-refractivity contribution >= 4 is 23.7 Å². The molecule has 3 heterocycles. The number of amides is 1. The van der Waals surface area contributed by atoms with Crippen LogP contribution in [0.25, 0.3) is 0 Å². The molecule has 17 heteroatoms. The maximum Gasteiger partial charge on any atom is 0.413 e. The summed E-state index contributed by atoms with van der Waals surface area (Å²) in [7, 11) is 0. The van der Waals surface area contributed by atoms with Crippen molar-refractivity contribution in [1.82, 2.24) is 19.1 Å². The van der Waals surface area contributed by atoms with Crippen molar-refractivity contribution in [3.05, 3.63) is 45.4 Å². The highest BCUT2D eigenvalue weighted by molar-refractivity contribution is 5.83. The van der Waals surface area contributed by atoms with Gasteiger partial charge in [0.25, 0.3) is 0 Å². The van der Waals surface area contributed by atoms with E-state index in [1.54, 1.807) is 20.8 Å². The number of halogens is 2. The second-order valence-electron chi connectivity index (χ2n) is 8.62. The zero-order chi connectivity index (χ0) is 26.8. The molecule has 0 radical (unpaired) electrons. The van der Waals surface area contributed by atoms with Gasteiger partial charge in [-0.3, -0.25) is 19.2 Å². The minimum absolute atomic E-state index is 0.266. The quantitative estimate of drug-likeness (QED) is 0.301. The number of esters is 1. The van der Waals surface area contributed by atoms with Crippen LogP contribution in [0.5, 0.6) is 0 Å². The highest BCUT2D eigenvalue weighted by atomic mass is 19.3. The number of nitro groups is 1. The lowest BCUT2D eigenvalue weighted by Gasteiger charge is -2.21. The van der Waals surface area contributed by atoms with Gasteiger partial charge in [0.2, 0.25) is 12.6 Å². The summed E-state index contributed by atoms with van der Waals surface area (Å²) in [6.07, 6.45) is -4.51. The molecule has 3 rings (SSSR count). The van der Waals surface area contributed by atoms with Crippen molar-refractivity contribution in [2.45, 2.75) is 57.3 Å². The van der Waals surface area contributed by atoms with E-state index in [1.807, 2.05) is 0 Å². The molecule has 1 aliphatic rings. The molecule has 1 saturated heterocycles. The Kier molecular flexibility index (Phi) is 7.35. The number of nitrogens with one attached hydrogen (secondary N) is 1. The van der Waals surface area contributed by atoms with Gasteiger partial charge in [-0.1, -0.05) is 0 Å². The van der Waals surface area contributed by atoms with E-state index < -0.39 is 71.6 Å². The first-order chi connectivity index (χ1) is 16.7. The molecule has 2 N–H and O–H groups in total. The summed E-state index contributed by atoms with van der Waals surface area (Å²) in [6.45, 7) is 3.52. The molecule has 0 unspecified atom stereocenters. The topological polar surface area (TPSA) is 190 Å². The lowest BCUT2D eigenvalue weighted by atomic mass is 10.1. The van der Waals surface area contributed by atoms with Crippen LogP contribution in [0.4, 0.5) is 25.2 Å². The third kappa shape index (κ3) is 6.16. The van der Waals surface area contributed by atoms with Gasteiger partial charge in [-0.2, -0.15) is 13.8 Å². The van der Waals surface area contributed by atoms with Gasteiger partial charge in [-0.05, 0) is 36.7 Å². The number of rotatable bonds is 7. The van der Waals surface area contributed by atoms with Gasteiger partial charge in [-0.25, -0.2) is 9.59 Å². The van der Waals surface area contributed by atoms with Crippen molar-refractivity contribution in [2.24, 2.45) is 0 Å². The summed E-state index contributed by atoms with van der Waals surface area (Å²) in [5.41, 5.74) is -2.05. The third-order valence-corrected chi connectivity index (χ3v) is 4.62. The Morgan fingerprint density at radius 1 is 1.39 bits per heavy atom. The van der Waals surface area contributed by atoms with Gasteiger partial charge in [0.15, 0.2) is 6.10 Å². The lowest BCUT2D eigenvalue weighted by molar-refractivity contribution is -0.389. The monoisotopic (exact) mass is 516 g/mol. The van der Waals surface area contributed by atoms with Crippen molar-refractivity contribution in [1.29, 1.82) is 0 Å². The van der Waals surface area contributed by atoms with Gasteiger partial charge in [-0.15, -0.1) is 0 Å². The molecule has 2 aromatic rings. The average Bonchev–Trinajstić information content (AvgIpc) is 3.29. The van der Waals surface area contributed by atoms with E-state index in [0.29, 0.717) is 4.57 Å². The van der Waals surface area contributed by atoms with E-state index in [-0.39, 0.29) is 5.82 Å². The van der Waals surface area contributed by atoms with Crippen LogP contribution in [0.3, 0.4) is 0 Å². The molecule has 1 fully saturated rings. The minimum atomic E-state index is -3.98. The Labute approximate surface area is 200 Å². The van der Waals surface area contributed by atoms with Crippen LogP contribution in [-0.4, -0.2) is 71.5 Å². The van der Waals surface area contributed by atoms with Crippen LogP contribution in [-0.2, 0) is 25.5 Å². The van der Waals surface area contributed by atoms with Gasteiger partial charge in [0, 0.05) is 6.20 Å². The molecule has 0 aromatic carbocycles. The number of aromatic nitrogens is 4. The first kappa shape index (κ1) is 26.6. The highest BCUT2D eigenvalue weighted by Crippen LogP contribution is 2.42. The molecule has 3 atom stereocenters. The number of ether oxygens (including phenoxy) is 3. The third-order valence-electron chi connectivity index (χ3n) is 4.62. The number of carbonyl (C=O) groups excluding carboxylic acids is 2. The van der Waals surface area contributed by atoms with E-state index in [4.69, 9.17) is 14.2 Å². The molecule has 1 aliphatic heterocycles. The first-order valence-corrected chi connectivity index (χ1v) is 10.3. The number of hydrogen-bond donors (Lipinski definition) is 2. The van der Waals surface area contributed by atoms with Crippen molar-refractivity contribution in [2.75, 3.05) is 11.9 Å². The van der Waals surface area contributed by atoms with E-state index >= 15 is 0 Å². The molecule has 1 amide bonds. The number of alkyl halides is 2. The number of hydrogen-bond acceptors (Lipinski definition) is 11. The minimum Gasteiger partial charge on any atom is -0.461 e. The van der Waals surface area contributed by atoms with E-state index in [0.717, 1.165) is 29.4 Å². The van der Waals surface area contributed by atoms with Gasteiger partial charge in [0.05, 0.1) is 0 Å². The smallest absolute Gasteiger partial charge is 0.413 e. The molecule has 196 valence electrons. The predicted octanol–water partition coefficient (Wildman–Crippen LogP) is 0.832. The Hall–Kier alpha value is -3.99. The fraction of sp³-hybridized carbons (Fsp3) is 0.526. The molecule has 36 heavy (non-hydrogen) atoms. The number of aliphatic hydroxyl groups excluding tert-OH is 1.